The van der Waals surface area contributed by atoms with Crippen molar-refractivity contribution in [3.8, 4) is 5.75 Å². The molecule has 2 aromatic carbocycles. The van der Waals surface area contributed by atoms with Crippen molar-refractivity contribution in [3.05, 3.63) is 82.6 Å². The summed E-state index contributed by atoms with van der Waals surface area (Å²) >= 11 is 0. The Kier molecular flexibility index (Phi) is 6.89. The van der Waals surface area contributed by atoms with Gasteiger partial charge in [-0.15, -0.1) is 0 Å². The number of rotatable bonds is 9. The molecule has 2 atom stereocenters. The number of carbonyl (C=O) groups is 1. The van der Waals surface area contributed by atoms with Gasteiger partial charge in [0.15, 0.2) is 0 Å². The first kappa shape index (κ1) is 23.1. The Morgan fingerprint density at radius 3 is 2.67 bits per heavy atom. The summed E-state index contributed by atoms with van der Waals surface area (Å²) in [5, 5.41) is 9.47. The van der Waals surface area contributed by atoms with Crippen molar-refractivity contribution in [1.82, 2.24) is 4.90 Å². The van der Waals surface area contributed by atoms with E-state index in [1.807, 2.05) is 17.2 Å². The van der Waals surface area contributed by atoms with Gasteiger partial charge in [-0.1, -0.05) is 44.2 Å². The second kappa shape index (κ2) is 9.84. The van der Waals surface area contributed by atoms with Gasteiger partial charge in [-0.2, -0.15) is 0 Å². The van der Waals surface area contributed by atoms with Gasteiger partial charge in [0.2, 0.25) is 0 Å². The summed E-state index contributed by atoms with van der Waals surface area (Å²) in [7, 11) is 1.69. The molecule has 2 unspecified atom stereocenters. The number of carboxylic acid groups (broad SMARTS) is 1. The molecule has 33 heavy (non-hydrogen) atoms. The summed E-state index contributed by atoms with van der Waals surface area (Å²) in [6.45, 7) is 7.54. The van der Waals surface area contributed by atoms with E-state index in [-0.39, 0.29) is 6.10 Å². The molecule has 0 spiro atoms. The highest BCUT2D eigenvalue weighted by atomic mass is 16.5. The molecule has 0 radical (unpaired) electrons. The van der Waals surface area contributed by atoms with Crippen molar-refractivity contribution < 1.29 is 19.4 Å². The summed E-state index contributed by atoms with van der Waals surface area (Å²) in [6.07, 6.45) is 5.23. The molecule has 4 rings (SSSR count). The first-order valence-electron chi connectivity index (χ1n) is 11.6. The van der Waals surface area contributed by atoms with Crippen LogP contribution in [-0.4, -0.2) is 41.8 Å². The fourth-order valence-corrected chi connectivity index (χ4v) is 4.78. The van der Waals surface area contributed by atoms with Crippen molar-refractivity contribution in [1.29, 1.82) is 0 Å². The van der Waals surface area contributed by atoms with E-state index in [9.17, 15) is 9.90 Å². The maximum Gasteiger partial charge on any atom is 0.330 e. The van der Waals surface area contributed by atoms with Crippen LogP contribution in [-0.2, 0) is 29.0 Å². The van der Waals surface area contributed by atoms with Crippen LogP contribution in [0.1, 0.15) is 43.0 Å². The molecule has 1 heterocycles. The molecular weight excluding hydrogens is 414 g/mol. The standard InChI is InChI=1S/C28H33NO4/c1-18(2)13-20-9-10-26(32-4)22(14-20)17-33-27-15-21-7-5-6-8-23(21)19(3)24(27)16-29-12-11-25(29)28(30)31/h5-12,14,18,25,27H,13,15-17H2,1-4H3,(H,30,31). The lowest BCUT2D eigenvalue weighted by atomic mass is 9.83. The maximum atomic E-state index is 11.5. The molecule has 0 bridgehead atoms. The molecule has 0 aromatic heterocycles. The lowest BCUT2D eigenvalue weighted by molar-refractivity contribution is -0.141. The zero-order chi connectivity index (χ0) is 23.5. The van der Waals surface area contributed by atoms with Crippen LogP contribution in [0, 0.1) is 5.92 Å². The van der Waals surface area contributed by atoms with Crippen LogP contribution < -0.4 is 4.74 Å². The zero-order valence-electron chi connectivity index (χ0n) is 19.9. The van der Waals surface area contributed by atoms with Crippen molar-refractivity contribution in [3.63, 3.8) is 0 Å². The molecule has 2 aliphatic rings. The average molecular weight is 448 g/mol. The maximum absolute atomic E-state index is 11.5. The fourth-order valence-electron chi connectivity index (χ4n) is 4.78. The van der Waals surface area contributed by atoms with Crippen LogP contribution in [0.15, 0.2) is 60.3 Å². The average Bonchev–Trinajstić information content (AvgIpc) is 2.75. The topological polar surface area (TPSA) is 59.0 Å². The van der Waals surface area contributed by atoms with E-state index >= 15 is 0 Å². The van der Waals surface area contributed by atoms with E-state index < -0.39 is 12.0 Å². The molecule has 2 aromatic rings. The highest BCUT2D eigenvalue weighted by Gasteiger charge is 2.32. The quantitative estimate of drug-likeness (QED) is 0.580. The number of methoxy groups -OCH3 is 1. The molecule has 0 saturated heterocycles. The normalized spacial score (nSPS) is 19.5. The third-order valence-corrected chi connectivity index (χ3v) is 6.55. The van der Waals surface area contributed by atoms with Crippen molar-refractivity contribution >= 4 is 11.5 Å². The number of benzene rings is 2. The van der Waals surface area contributed by atoms with Gasteiger partial charge in [-0.25, -0.2) is 4.79 Å². The van der Waals surface area contributed by atoms with E-state index in [0.29, 0.717) is 19.1 Å². The number of ether oxygens (including phenoxy) is 2. The van der Waals surface area contributed by atoms with Crippen molar-refractivity contribution in [2.75, 3.05) is 13.7 Å². The minimum Gasteiger partial charge on any atom is -0.496 e. The van der Waals surface area contributed by atoms with Gasteiger partial charge >= 0.3 is 5.97 Å². The zero-order valence-corrected chi connectivity index (χ0v) is 19.9. The molecule has 174 valence electrons. The Balaban J connectivity index is 1.59. The van der Waals surface area contributed by atoms with Crippen LogP contribution in [0.2, 0.25) is 0 Å². The highest BCUT2D eigenvalue weighted by molar-refractivity contribution is 5.78. The lowest BCUT2D eigenvalue weighted by Gasteiger charge is -2.37. The minimum absolute atomic E-state index is 0.123. The molecule has 1 N–H and O–H groups in total. The van der Waals surface area contributed by atoms with Gasteiger partial charge in [0, 0.05) is 18.5 Å². The Bertz CT molecular complexity index is 1090. The summed E-state index contributed by atoms with van der Waals surface area (Å²) in [4.78, 5) is 13.4. The second-order valence-electron chi connectivity index (χ2n) is 9.35. The van der Waals surface area contributed by atoms with E-state index in [1.165, 1.54) is 22.3 Å². The number of nitrogens with zero attached hydrogens (tertiary/aromatic N) is 1. The molecule has 0 saturated carbocycles. The van der Waals surface area contributed by atoms with Crippen LogP contribution >= 0.6 is 0 Å². The van der Waals surface area contributed by atoms with Gasteiger partial charge in [-0.3, -0.25) is 0 Å². The summed E-state index contributed by atoms with van der Waals surface area (Å²) in [5.74, 6) is 0.583. The Labute approximate surface area is 196 Å². The third-order valence-electron chi connectivity index (χ3n) is 6.55. The Hall–Kier alpha value is -3.05. The number of fused-ring (bicyclic) bond motifs is 1. The molecule has 5 nitrogen and oxygen atoms in total. The van der Waals surface area contributed by atoms with Crippen molar-refractivity contribution in [2.45, 2.75) is 52.4 Å². The number of allylic oxidation sites excluding steroid dienone is 1. The first-order chi connectivity index (χ1) is 15.9. The van der Waals surface area contributed by atoms with E-state index in [4.69, 9.17) is 9.47 Å². The van der Waals surface area contributed by atoms with E-state index in [2.05, 4.69) is 57.2 Å². The summed E-state index contributed by atoms with van der Waals surface area (Å²) in [6, 6.07) is 14.2. The van der Waals surface area contributed by atoms with Crippen LogP contribution in [0.3, 0.4) is 0 Å². The van der Waals surface area contributed by atoms with Gasteiger partial charge in [0.05, 0.1) is 19.8 Å². The van der Waals surface area contributed by atoms with Crippen LogP contribution in [0.25, 0.3) is 5.57 Å². The molecular formula is C28H33NO4. The highest BCUT2D eigenvalue weighted by Crippen LogP contribution is 2.35. The largest absolute Gasteiger partial charge is 0.496 e. The Morgan fingerprint density at radius 1 is 1.21 bits per heavy atom. The van der Waals surface area contributed by atoms with Gasteiger partial charge in [0.25, 0.3) is 0 Å². The predicted molar refractivity (Wildman–Crippen MR) is 130 cm³/mol. The summed E-state index contributed by atoms with van der Waals surface area (Å²) < 4.78 is 12.1. The van der Waals surface area contributed by atoms with Crippen LogP contribution in [0.5, 0.6) is 5.75 Å². The third kappa shape index (κ3) is 4.98. The van der Waals surface area contributed by atoms with E-state index in [1.54, 1.807) is 13.2 Å². The van der Waals surface area contributed by atoms with Gasteiger partial charge < -0.3 is 19.5 Å². The van der Waals surface area contributed by atoms with E-state index in [0.717, 1.165) is 29.7 Å². The molecule has 1 aliphatic heterocycles. The lowest BCUT2D eigenvalue weighted by Crippen LogP contribution is -2.45. The molecule has 1 aliphatic carbocycles. The minimum atomic E-state index is -0.823. The smallest absolute Gasteiger partial charge is 0.330 e. The summed E-state index contributed by atoms with van der Waals surface area (Å²) in [5.41, 5.74) is 7.12. The number of aliphatic carboxylic acids is 1. The molecule has 5 heteroatoms. The Morgan fingerprint density at radius 2 is 2.00 bits per heavy atom. The monoisotopic (exact) mass is 447 g/mol. The number of hydrogen-bond donors (Lipinski definition) is 1. The molecule has 0 amide bonds. The van der Waals surface area contributed by atoms with Gasteiger partial charge in [-0.05, 0) is 71.5 Å². The second-order valence-corrected chi connectivity index (χ2v) is 9.35. The fraction of sp³-hybridized carbons (Fsp3) is 0.393. The van der Waals surface area contributed by atoms with Gasteiger partial charge in [0.1, 0.15) is 11.8 Å². The first-order valence-corrected chi connectivity index (χ1v) is 11.6. The number of carboxylic acids is 1. The SMILES string of the molecule is COc1ccc(CC(C)C)cc1COC1Cc2ccccc2C(C)=C1CN1C=CC1C(=O)O. The van der Waals surface area contributed by atoms with Crippen LogP contribution in [0.4, 0.5) is 0 Å². The number of hydrogen-bond acceptors (Lipinski definition) is 4. The predicted octanol–water partition coefficient (Wildman–Crippen LogP) is 5.09. The van der Waals surface area contributed by atoms with Crippen molar-refractivity contribution in [2.24, 2.45) is 5.92 Å². The molecule has 0 fully saturated rings.